The predicted octanol–water partition coefficient (Wildman–Crippen LogP) is 3.28. The van der Waals surface area contributed by atoms with Gasteiger partial charge < -0.3 is 10.1 Å². The molecule has 2 heterocycles. The van der Waals surface area contributed by atoms with Gasteiger partial charge in [0.25, 0.3) is 0 Å². The van der Waals surface area contributed by atoms with E-state index in [0.717, 1.165) is 16.4 Å². The van der Waals surface area contributed by atoms with E-state index in [9.17, 15) is 4.79 Å². The lowest BCUT2D eigenvalue weighted by Gasteiger charge is -2.07. The Kier molecular flexibility index (Phi) is 5.61. The Morgan fingerprint density at radius 1 is 1.25 bits per heavy atom. The van der Waals surface area contributed by atoms with Gasteiger partial charge in [0.2, 0.25) is 5.91 Å². The SMILES string of the molecule is O=C(CSc1ncc2ccccn12)NCCOc1ccc(Cl)cc1. The molecule has 0 spiro atoms. The Bertz CT molecular complexity index is 820. The second-order valence-corrected chi connectivity index (χ2v) is 6.36. The maximum absolute atomic E-state index is 11.9. The van der Waals surface area contributed by atoms with Gasteiger partial charge in [-0.05, 0) is 36.4 Å². The fourth-order valence-corrected chi connectivity index (χ4v) is 3.02. The van der Waals surface area contributed by atoms with Gasteiger partial charge in [-0.15, -0.1) is 0 Å². The Morgan fingerprint density at radius 3 is 2.92 bits per heavy atom. The van der Waals surface area contributed by atoms with Crippen LogP contribution in [0.25, 0.3) is 5.52 Å². The Morgan fingerprint density at radius 2 is 2.08 bits per heavy atom. The third-order valence-electron chi connectivity index (χ3n) is 3.24. The number of pyridine rings is 1. The van der Waals surface area contributed by atoms with Crippen molar-refractivity contribution in [3.63, 3.8) is 0 Å². The van der Waals surface area contributed by atoms with Crippen molar-refractivity contribution in [3.05, 3.63) is 59.9 Å². The van der Waals surface area contributed by atoms with E-state index < -0.39 is 0 Å². The van der Waals surface area contributed by atoms with E-state index in [1.807, 2.05) is 28.8 Å². The number of fused-ring (bicyclic) bond motifs is 1. The molecule has 0 saturated heterocycles. The number of imidazole rings is 1. The Hall–Kier alpha value is -2.18. The van der Waals surface area contributed by atoms with E-state index in [2.05, 4.69) is 10.3 Å². The van der Waals surface area contributed by atoms with Crippen LogP contribution in [-0.2, 0) is 4.79 Å². The van der Waals surface area contributed by atoms with Crippen LogP contribution in [0.2, 0.25) is 5.02 Å². The van der Waals surface area contributed by atoms with Crippen LogP contribution >= 0.6 is 23.4 Å². The first kappa shape index (κ1) is 16.7. The minimum absolute atomic E-state index is 0.0487. The summed E-state index contributed by atoms with van der Waals surface area (Å²) < 4.78 is 7.48. The van der Waals surface area contributed by atoms with Gasteiger partial charge in [0.15, 0.2) is 5.16 Å². The summed E-state index contributed by atoms with van der Waals surface area (Å²) in [4.78, 5) is 16.2. The highest BCUT2D eigenvalue weighted by molar-refractivity contribution is 7.99. The maximum Gasteiger partial charge on any atom is 0.230 e. The molecule has 0 aliphatic carbocycles. The van der Waals surface area contributed by atoms with Crippen LogP contribution in [-0.4, -0.2) is 34.2 Å². The largest absolute Gasteiger partial charge is 0.492 e. The summed E-state index contributed by atoms with van der Waals surface area (Å²) in [7, 11) is 0. The number of carbonyl (C=O) groups is 1. The molecule has 5 nitrogen and oxygen atoms in total. The van der Waals surface area contributed by atoms with Gasteiger partial charge in [-0.3, -0.25) is 9.20 Å². The van der Waals surface area contributed by atoms with Gasteiger partial charge in [-0.25, -0.2) is 4.98 Å². The number of thioether (sulfide) groups is 1. The molecule has 0 fully saturated rings. The fraction of sp³-hybridized carbons (Fsp3) is 0.176. The van der Waals surface area contributed by atoms with Gasteiger partial charge in [-0.1, -0.05) is 29.4 Å². The molecule has 1 amide bonds. The highest BCUT2D eigenvalue weighted by atomic mass is 35.5. The monoisotopic (exact) mass is 361 g/mol. The average molecular weight is 362 g/mol. The molecule has 124 valence electrons. The molecule has 0 aliphatic rings. The smallest absolute Gasteiger partial charge is 0.230 e. The summed E-state index contributed by atoms with van der Waals surface area (Å²) in [5.74, 6) is 0.994. The van der Waals surface area contributed by atoms with E-state index in [1.54, 1.807) is 30.5 Å². The van der Waals surface area contributed by atoms with Crippen molar-refractivity contribution in [2.75, 3.05) is 18.9 Å². The lowest BCUT2D eigenvalue weighted by molar-refractivity contribution is -0.118. The highest BCUT2D eigenvalue weighted by Crippen LogP contribution is 2.18. The summed E-state index contributed by atoms with van der Waals surface area (Å²) in [5, 5.41) is 4.30. The topological polar surface area (TPSA) is 55.6 Å². The number of benzene rings is 1. The summed E-state index contributed by atoms with van der Waals surface area (Å²) in [5.41, 5.74) is 1.01. The number of amides is 1. The number of hydrogen-bond donors (Lipinski definition) is 1. The standard InChI is InChI=1S/C17H16ClN3O2S/c18-13-4-6-15(7-5-13)23-10-8-19-16(22)12-24-17-20-11-14-3-1-2-9-21(14)17/h1-7,9,11H,8,10,12H2,(H,19,22). The van der Waals surface area contributed by atoms with Gasteiger partial charge in [-0.2, -0.15) is 0 Å². The zero-order chi connectivity index (χ0) is 16.8. The van der Waals surface area contributed by atoms with Gasteiger partial charge in [0, 0.05) is 11.2 Å². The van der Waals surface area contributed by atoms with E-state index in [0.29, 0.717) is 23.9 Å². The van der Waals surface area contributed by atoms with Gasteiger partial charge in [0.05, 0.1) is 24.0 Å². The second kappa shape index (κ2) is 8.08. The number of aromatic nitrogens is 2. The molecule has 0 radical (unpaired) electrons. The van der Waals surface area contributed by atoms with Crippen molar-refractivity contribution in [1.82, 2.24) is 14.7 Å². The van der Waals surface area contributed by atoms with Crippen LogP contribution in [0.15, 0.2) is 60.0 Å². The summed E-state index contributed by atoms with van der Waals surface area (Å²) in [6.45, 7) is 0.856. The van der Waals surface area contributed by atoms with Crippen molar-refractivity contribution in [2.45, 2.75) is 5.16 Å². The summed E-state index contributed by atoms with van der Waals surface area (Å²) >= 11 is 7.21. The molecule has 0 unspecified atom stereocenters. The summed E-state index contributed by atoms with van der Waals surface area (Å²) in [6.07, 6.45) is 3.72. The van der Waals surface area contributed by atoms with Crippen molar-refractivity contribution in [3.8, 4) is 5.75 Å². The number of ether oxygens (including phenoxy) is 1. The first-order chi connectivity index (χ1) is 11.7. The van der Waals surface area contributed by atoms with Crippen LogP contribution in [0.1, 0.15) is 0 Å². The van der Waals surface area contributed by atoms with Crippen molar-refractivity contribution >= 4 is 34.8 Å². The molecule has 2 aromatic heterocycles. The van der Waals surface area contributed by atoms with Crippen molar-refractivity contribution < 1.29 is 9.53 Å². The van der Waals surface area contributed by atoms with Crippen molar-refractivity contribution in [1.29, 1.82) is 0 Å². The first-order valence-electron chi connectivity index (χ1n) is 7.42. The van der Waals surface area contributed by atoms with Crippen LogP contribution in [0.5, 0.6) is 5.75 Å². The molecule has 1 N–H and O–H groups in total. The predicted molar refractivity (Wildman–Crippen MR) is 95.9 cm³/mol. The number of nitrogens with one attached hydrogen (secondary N) is 1. The normalized spacial score (nSPS) is 10.7. The minimum atomic E-state index is -0.0487. The quantitative estimate of drug-likeness (QED) is 0.518. The highest BCUT2D eigenvalue weighted by Gasteiger charge is 2.07. The molecule has 1 aromatic carbocycles. The second-order valence-electron chi connectivity index (χ2n) is 4.98. The number of carbonyl (C=O) groups excluding carboxylic acids is 1. The zero-order valence-corrected chi connectivity index (χ0v) is 14.4. The Labute approximate surface area is 149 Å². The Balaban J connectivity index is 1.39. The maximum atomic E-state index is 11.9. The number of hydrogen-bond acceptors (Lipinski definition) is 4. The fourth-order valence-electron chi connectivity index (χ4n) is 2.10. The molecular formula is C17H16ClN3O2S. The molecule has 24 heavy (non-hydrogen) atoms. The third kappa shape index (κ3) is 4.43. The lowest BCUT2D eigenvalue weighted by atomic mass is 10.3. The van der Waals surface area contributed by atoms with Gasteiger partial charge in [0.1, 0.15) is 12.4 Å². The zero-order valence-electron chi connectivity index (χ0n) is 12.8. The van der Waals surface area contributed by atoms with Crippen LogP contribution in [0, 0.1) is 0 Å². The number of halogens is 1. The molecule has 3 rings (SSSR count). The van der Waals surface area contributed by atoms with Crippen LogP contribution in [0.3, 0.4) is 0 Å². The molecule has 0 aliphatic heterocycles. The molecule has 0 saturated carbocycles. The lowest BCUT2D eigenvalue weighted by Crippen LogP contribution is -2.29. The van der Waals surface area contributed by atoms with E-state index in [-0.39, 0.29) is 5.91 Å². The average Bonchev–Trinajstić information content (AvgIpc) is 3.02. The number of rotatable bonds is 7. The molecule has 0 atom stereocenters. The van der Waals surface area contributed by atoms with E-state index in [1.165, 1.54) is 11.8 Å². The van der Waals surface area contributed by atoms with E-state index >= 15 is 0 Å². The van der Waals surface area contributed by atoms with Crippen molar-refractivity contribution in [2.24, 2.45) is 0 Å². The third-order valence-corrected chi connectivity index (χ3v) is 4.46. The minimum Gasteiger partial charge on any atom is -0.492 e. The first-order valence-corrected chi connectivity index (χ1v) is 8.79. The number of nitrogens with zero attached hydrogens (tertiary/aromatic N) is 2. The van der Waals surface area contributed by atoms with E-state index in [4.69, 9.17) is 16.3 Å². The van der Waals surface area contributed by atoms with Gasteiger partial charge >= 0.3 is 0 Å². The molecular weight excluding hydrogens is 346 g/mol. The molecule has 7 heteroatoms. The molecule has 0 bridgehead atoms. The van der Waals surface area contributed by atoms with Crippen LogP contribution < -0.4 is 10.1 Å². The van der Waals surface area contributed by atoms with Crippen LogP contribution in [0.4, 0.5) is 0 Å². The molecule has 3 aromatic rings. The summed E-state index contributed by atoms with van der Waals surface area (Å²) in [6, 6.07) is 13.0.